The molecule has 0 saturated heterocycles. The second-order valence-electron chi connectivity index (χ2n) is 4.88. The van der Waals surface area contributed by atoms with Crippen LogP contribution in [0.1, 0.15) is 37.8 Å². The molecule has 19 heavy (non-hydrogen) atoms. The third-order valence-corrected chi connectivity index (χ3v) is 3.63. The molecule has 2 N–H and O–H groups in total. The zero-order valence-corrected chi connectivity index (χ0v) is 12.3. The Bertz CT molecular complexity index is 473. The van der Waals surface area contributed by atoms with Gasteiger partial charge in [-0.05, 0) is 49.0 Å². The van der Waals surface area contributed by atoms with Crippen LogP contribution in [0.5, 0.6) is 0 Å². The number of nitrogens with one attached hydrogen (secondary N) is 2. The molecule has 4 heteroatoms. The Morgan fingerprint density at radius 2 is 1.84 bits per heavy atom. The molecule has 1 aliphatic rings. The molecule has 0 aliphatic heterocycles. The van der Waals surface area contributed by atoms with Gasteiger partial charge in [0.2, 0.25) is 5.91 Å². The third-order valence-electron chi connectivity index (χ3n) is 3.42. The fourth-order valence-electron chi connectivity index (χ4n) is 2.11. The van der Waals surface area contributed by atoms with E-state index in [1.165, 1.54) is 11.1 Å². The zero-order valence-electron chi connectivity index (χ0n) is 11.5. The minimum Gasteiger partial charge on any atom is -0.332 e. The van der Waals surface area contributed by atoms with Crippen molar-refractivity contribution in [2.45, 2.75) is 39.5 Å². The van der Waals surface area contributed by atoms with Crippen LogP contribution in [-0.4, -0.2) is 11.0 Å². The Hall–Kier alpha value is -1.42. The first-order valence-corrected chi connectivity index (χ1v) is 7.29. The van der Waals surface area contributed by atoms with Gasteiger partial charge in [-0.2, -0.15) is 0 Å². The van der Waals surface area contributed by atoms with Crippen molar-refractivity contribution in [3.8, 4) is 0 Å². The Morgan fingerprint density at radius 1 is 1.26 bits per heavy atom. The standard InChI is InChI=1S/C15H20N2OS/c1-3-10-6-5-7-11(4-2)13(10)16-15(19)17-14(18)12-8-9-12/h5-7,12H,3-4,8-9H2,1-2H3,(H2,16,17,18,19). The quantitative estimate of drug-likeness (QED) is 0.831. The van der Waals surface area contributed by atoms with Crippen LogP contribution in [0, 0.1) is 5.92 Å². The van der Waals surface area contributed by atoms with Gasteiger partial charge in [0, 0.05) is 11.6 Å². The minimum absolute atomic E-state index is 0.0459. The van der Waals surface area contributed by atoms with E-state index < -0.39 is 0 Å². The lowest BCUT2D eigenvalue weighted by atomic mass is 10.0. The van der Waals surface area contributed by atoms with E-state index in [9.17, 15) is 4.79 Å². The summed E-state index contributed by atoms with van der Waals surface area (Å²) in [6, 6.07) is 6.24. The molecule has 0 atom stereocenters. The lowest BCUT2D eigenvalue weighted by molar-refractivity contribution is -0.120. The predicted octanol–water partition coefficient (Wildman–Crippen LogP) is 3.03. The molecule has 3 nitrogen and oxygen atoms in total. The lowest BCUT2D eigenvalue weighted by Gasteiger charge is -2.16. The van der Waals surface area contributed by atoms with E-state index in [1.807, 2.05) is 0 Å². The van der Waals surface area contributed by atoms with Crippen LogP contribution < -0.4 is 10.6 Å². The van der Waals surface area contributed by atoms with E-state index >= 15 is 0 Å². The summed E-state index contributed by atoms with van der Waals surface area (Å²) in [4.78, 5) is 11.7. The molecule has 0 spiro atoms. The largest absolute Gasteiger partial charge is 0.332 e. The van der Waals surface area contributed by atoms with Crippen molar-refractivity contribution in [1.82, 2.24) is 5.32 Å². The fourth-order valence-corrected chi connectivity index (χ4v) is 2.31. The van der Waals surface area contributed by atoms with E-state index in [4.69, 9.17) is 12.2 Å². The van der Waals surface area contributed by atoms with Gasteiger partial charge in [0.1, 0.15) is 0 Å². The molecule has 1 saturated carbocycles. The highest BCUT2D eigenvalue weighted by molar-refractivity contribution is 7.80. The average molecular weight is 276 g/mol. The average Bonchev–Trinajstić information content (AvgIpc) is 3.23. The summed E-state index contributed by atoms with van der Waals surface area (Å²) in [7, 11) is 0. The van der Waals surface area contributed by atoms with Crippen LogP contribution in [0.2, 0.25) is 0 Å². The van der Waals surface area contributed by atoms with Crippen molar-refractivity contribution in [3.63, 3.8) is 0 Å². The first-order chi connectivity index (χ1) is 9.15. The molecular formula is C15H20N2OS. The van der Waals surface area contributed by atoms with Crippen molar-refractivity contribution >= 4 is 28.9 Å². The van der Waals surface area contributed by atoms with Crippen molar-refractivity contribution < 1.29 is 4.79 Å². The lowest BCUT2D eigenvalue weighted by Crippen LogP contribution is -2.35. The van der Waals surface area contributed by atoms with Crippen LogP contribution in [0.3, 0.4) is 0 Å². The Morgan fingerprint density at radius 3 is 2.32 bits per heavy atom. The Labute approximate surface area is 119 Å². The normalized spacial score (nSPS) is 14.0. The third kappa shape index (κ3) is 3.53. The summed E-state index contributed by atoms with van der Waals surface area (Å²) in [6.07, 6.45) is 3.85. The molecule has 0 heterocycles. The monoisotopic (exact) mass is 276 g/mol. The second kappa shape index (κ2) is 6.15. The maximum absolute atomic E-state index is 11.7. The molecule has 1 fully saturated rings. The molecule has 1 aromatic carbocycles. The summed E-state index contributed by atoms with van der Waals surface area (Å²) in [5.74, 6) is 0.219. The highest BCUT2D eigenvalue weighted by Gasteiger charge is 2.30. The van der Waals surface area contributed by atoms with E-state index in [-0.39, 0.29) is 11.8 Å². The number of carbonyl (C=O) groups is 1. The van der Waals surface area contributed by atoms with Gasteiger partial charge in [-0.1, -0.05) is 32.0 Å². The van der Waals surface area contributed by atoms with Gasteiger partial charge in [-0.3, -0.25) is 4.79 Å². The van der Waals surface area contributed by atoms with Crippen molar-refractivity contribution in [1.29, 1.82) is 0 Å². The Balaban J connectivity index is 2.08. The summed E-state index contributed by atoms with van der Waals surface area (Å²) in [6.45, 7) is 4.23. The smallest absolute Gasteiger partial charge is 0.229 e. The van der Waals surface area contributed by atoms with Crippen LogP contribution >= 0.6 is 12.2 Å². The SMILES string of the molecule is CCc1cccc(CC)c1NC(=S)NC(=O)C1CC1. The second-order valence-corrected chi connectivity index (χ2v) is 5.28. The van der Waals surface area contributed by atoms with E-state index in [0.29, 0.717) is 5.11 Å². The molecule has 102 valence electrons. The Kier molecular flexibility index (Phi) is 4.53. The predicted molar refractivity (Wildman–Crippen MR) is 82.3 cm³/mol. The van der Waals surface area contributed by atoms with Gasteiger partial charge in [0.25, 0.3) is 0 Å². The van der Waals surface area contributed by atoms with Crippen LogP contribution in [0.4, 0.5) is 5.69 Å². The van der Waals surface area contributed by atoms with Crippen molar-refractivity contribution in [3.05, 3.63) is 29.3 Å². The summed E-state index contributed by atoms with van der Waals surface area (Å²) in [5, 5.41) is 6.38. The van der Waals surface area contributed by atoms with Crippen LogP contribution in [-0.2, 0) is 17.6 Å². The molecule has 1 aliphatic carbocycles. The van der Waals surface area contributed by atoms with Crippen LogP contribution in [0.15, 0.2) is 18.2 Å². The molecule has 1 amide bonds. The number of amides is 1. The number of rotatable bonds is 4. The molecular weight excluding hydrogens is 256 g/mol. The first kappa shape index (κ1) is 14.0. The number of para-hydroxylation sites is 1. The van der Waals surface area contributed by atoms with Gasteiger partial charge < -0.3 is 10.6 Å². The number of aryl methyl sites for hydroxylation is 2. The molecule has 0 unspecified atom stereocenters. The maximum atomic E-state index is 11.7. The number of hydrogen-bond donors (Lipinski definition) is 2. The molecule has 1 aromatic rings. The van der Waals surface area contributed by atoms with E-state index in [0.717, 1.165) is 31.4 Å². The number of anilines is 1. The van der Waals surface area contributed by atoms with Gasteiger partial charge in [0.05, 0.1) is 0 Å². The summed E-state index contributed by atoms with van der Waals surface area (Å²) < 4.78 is 0. The molecule has 0 radical (unpaired) electrons. The van der Waals surface area contributed by atoms with Gasteiger partial charge in [-0.25, -0.2) is 0 Å². The van der Waals surface area contributed by atoms with Crippen molar-refractivity contribution in [2.24, 2.45) is 5.92 Å². The zero-order chi connectivity index (χ0) is 13.8. The highest BCUT2D eigenvalue weighted by Crippen LogP contribution is 2.29. The van der Waals surface area contributed by atoms with Crippen molar-refractivity contribution in [2.75, 3.05) is 5.32 Å². The number of benzene rings is 1. The topological polar surface area (TPSA) is 41.1 Å². The summed E-state index contributed by atoms with van der Waals surface area (Å²) in [5.41, 5.74) is 3.50. The highest BCUT2D eigenvalue weighted by atomic mass is 32.1. The molecule has 2 rings (SSSR count). The van der Waals surface area contributed by atoms with Gasteiger partial charge >= 0.3 is 0 Å². The molecule has 0 bridgehead atoms. The first-order valence-electron chi connectivity index (χ1n) is 6.88. The van der Waals surface area contributed by atoms with E-state index in [2.05, 4.69) is 42.7 Å². The maximum Gasteiger partial charge on any atom is 0.229 e. The minimum atomic E-state index is 0.0459. The fraction of sp³-hybridized carbons (Fsp3) is 0.467. The van der Waals surface area contributed by atoms with E-state index in [1.54, 1.807) is 0 Å². The summed E-state index contributed by atoms with van der Waals surface area (Å²) >= 11 is 5.23. The van der Waals surface area contributed by atoms with Gasteiger partial charge in [0.15, 0.2) is 5.11 Å². The number of hydrogen-bond acceptors (Lipinski definition) is 2. The number of carbonyl (C=O) groups excluding carboxylic acids is 1. The number of thiocarbonyl (C=S) groups is 1. The van der Waals surface area contributed by atoms with Crippen LogP contribution in [0.25, 0.3) is 0 Å². The van der Waals surface area contributed by atoms with Gasteiger partial charge in [-0.15, -0.1) is 0 Å². The molecule has 0 aromatic heterocycles.